The molecule has 1 aromatic heterocycles. The standard InChI is InChI=1S/C16H14N4O5S/c21-15-17-7-8-20(15)11-3-1-10(2-4-11)19-26(23,24)12-5-6-14-13(9-12)18-16(22)25-14/h1-6,9,19H,7-8H2,(H,17,21)(H,18,22). The molecule has 0 bridgehead atoms. The smallest absolute Gasteiger partial charge is 0.408 e. The summed E-state index contributed by atoms with van der Waals surface area (Å²) in [6.07, 6.45) is 0. The fraction of sp³-hybridized carbons (Fsp3) is 0.125. The van der Waals surface area contributed by atoms with E-state index in [2.05, 4.69) is 15.0 Å². The minimum Gasteiger partial charge on any atom is -0.408 e. The SMILES string of the molecule is O=C1NCCN1c1ccc(NS(=O)(=O)c2ccc3oc(=O)[nH]c3c2)cc1. The Hall–Kier alpha value is -3.27. The molecule has 0 aliphatic carbocycles. The van der Waals surface area contributed by atoms with Crippen LogP contribution >= 0.6 is 0 Å². The molecular formula is C16H14N4O5S. The van der Waals surface area contributed by atoms with Crippen molar-refractivity contribution in [3.05, 3.63) is 53.0 Å². The number of aromatic nitrogens is 1. The van der Waals surface area contributed by atoms with E-state index in [1.165, 1.54) is 18.2 Å². The molecule has 0 radical (unpaired) electrons. The van der Waals surface area contributed by atoms with Crippen molar-refractivity contribution in [1.29, 1.82) is 0 Å². The van der Waals surface area contributed by atoms with Crippen LogP contribution in [0, 0.1) is 0 Å². The van der Waals surface area contributed by atoms with E-state index in [9.17, 15) is 18.0 Å². The minimum absolute atomic E-state index is 0.00922. The fourth-order valence-corrected chi connectivity index (χ4v) is 3.82. The number of carbonyl (C=O) groups excluding carboxylic acids is 1. The van der Waals surface area contributed by atoms with E-state index < -0.39 is 15.8 Å². The van der Waals surface area contributed by atoms with Gasteiger partial charge in [-0.25, -0.2) is 18.0 Å². The Morgan fingerprint density at radius 3 is 2.54 bits per heavy atom. The third-order valence-electron chi connectivity index (χ3n) is 3.99. The molecule has 0 saturated carbocycles. The van der Waals surface area contributed by atoms with Crippen LogP contribution < -0.4 is 20.7 Å². The van der Waals surface area contributed by atoms with Gasteiger partial charge in [0.05, 0.1) is 10.4 Å². The lowest BCUT2D eigenvalue weighted by atomic mass is 10.2. The van der Waals surface area contributed by atoms with E-state index in [0.717, 1.165) is 0 Å². The molecule has 0 atom stereocenters. The number of H-pyrrole nitrogens is 1. The van der Waals surface area contributed by atoms with Gasteiger partial charge in [0.15, 0.2) is 5.58 Å². The Morgan fingerprint density at radius 2 is 1.85 bits per heavy atom. The van der Waals surface area contributed by atoms with Crippen LogP contribution in [0.5, 0.6) is 0 Å². The highest BCUT2D eigenvalue weighted by molar-refractivity contribution is 7.92. The maximum atomic E-state index is 12.5. The number of nitrogens with zero attached hydrogens (tertiary/aromatic N) is 1. The predicted molar refractivity (Wildman–Crippen MR) is 94.8 cm³/mol. The maximum absolute atomic E-state index is 12.5. The molecule has 2 amide bonds. The summed E-state index contributed by atoms with van der Waals surface area (Å²) < 4.78 is 32.4. The summed E-state index contributed by atoms with van der Waals surface area (Å²) in [5.74, 6) is -0.649. The number of hydrogen-bond acceptors (Lipinski definition) is 5. The monoisotopic (exact) mass is 374 g/mol. The molecule has 3 aromatic rings. The van der Waals surface area contributed by atoms with E-state index in [4.69, 9.17) is 4.42 Å². The number of sulfonamides is 1. The number of aromatic amines is 1. The Labute approximate surface area is 147 Å². The zero-order valence-corrected chi connectivity index (χ0v) is 14.2. The molecule has 26 heavy (non-hydrogen) atoms. The molecule has 134 valence electrons. The summed E-state index contributed by atoms with van der Waals surface area (Å²) in [6, 6.07) is 10.4. The highest BCUT2D eigenvalue weighted by Gasteiger charge is 2.21. The lowest BCUT2D eigenvalue weighted by Crippen LogP contribution is -2.27. The number of hydrogen-bond donors (Lipinski definition) is 3. The Balaban J connectivity index is 1.58. The molecule has 3 N–H and O–H groups in total. The second kappa shape index (κ2) is 5.92. The zero-order chi connectivity index (χ0) is 18.3. The summed E-state index contributed by atoms with van der Waals surface area (Å²) in [4.78, 5) is 26.8. The second-order valence-corrected chi connectivity index (χ2v) is 7.39. The third kappa shape index (κ3) is 2.90. The van der Waals surface area contributed by atoms with Crippen molar-refractivity contribution in [3.8, 4) is 0 Å². The van der Waals surface area contributed by atoms with Crippen LogP contribution in [0.2, 0.25) is 0 Å². The molecule has 9 nitrogen and oxygen atoms in total. The summed E-state index contributed by atoms with van der Waals surface area (Å²) in [7, 11) is -3.84. The Bertz CT molecular complexity index is 1150. The number of nitrogens with one attached hydrogen (secondary N) is 3. The number of oxazole rings is 1. The number of benzene rings is 2. The lowest BCUT2D eigenvalue weighted by molar-refractivity contribution is 0.252. The number of urea groups is 1. The quantitative estimate of drug-likeness (QED) is 0.637. The van der Waals surface area contributed by atoms with Crippen LogP contribution in [0.1, 0.15) is 0 Å². The van der Waals surface area contributed by atoms with E-state index >= 15 is 0 Å². The average Bonchev–Trinajstić information content (AvgIpc) is 3.19. The third-order valence-corrected chi connectivity index (χ3v) is 5.37. The average molecular weight is 374 g/mol. The van der Waals surface area contributed by atoms with Gasteiger partial charge in [-0.15, -0.1) is 0 Å². The number of anilines is 2. The van der Waals surface area contributed by atoms with Gasteiger partial charge in [0, 0.05) is 24.5 Å². The van der Waals surface area contributed by atoms with Gasteiger partial charge < -0.3 is 9.73 Å². The van der Waals surface area contributed by atoms with E-state index in [-0.39, 0.29) is 16.5 Å². The van der Waals surface area contributed by atoms with Crippen LogP contribution in [0.4, 0.5) is 16.2 Å². The number of amides is 2. The van der Waals surface area contributed by atoms with Crippen LogP contribution in [0.15, 0.2) is 56.6 Å². The zero-order valence-electron chi connectivity index (χ0n) is 13.4. The van der Waals surface area contributed by atoms with Gasteiger partial charge in [-0.05, 0) is 42.5 Å². The molecule has 10 heteroatoms. The topological polar surface area (TPSA) is 125 Å². The minimum atomic E-state index is -3.84. The molecule has 2 heterocycles. The van der Waals surface area contributed by atoms with Crippen LogP contribution in [-0.2, 0) is 10.0 Å². The normalized spacial score (nSPS) is 14.6. The van der Waals surface area contributed by atoms with Crippen molar-refractivity contribution >= 4 is 38.5 Å². The molecule has 1 aliphatic heterocycles. The molecule has 1 aliphatic rings. The van der Waals surface area contributed by atoms with Crippen molar-refractivity contribution in [3.63, 3.8) is 0 Å². The molecular weight excluding hydrogens is 360 g/mol. The first-order valence-corrected chi connectivity index (χ1v) is 9.22. The van der Waals surface area contributed by atoms with Gasteiger partial charge in [0.25, 0.3) is 10.0 Å². The van der Waals surface area contributed by atoms with Gasteiger partial charge in [-0.3, -0.25) is 14.6 Å². The molecule has 0 unspecified atom stereocenters. The Morgan fingerprint density at radius 1 is 1.08 bits per heavy atom. The van der Waals surface area contributed by atoms with E-state index in [1.807, 2.05) is 0 Å². The largest absolute Gasteiger partial charge is 0.417 e. The van der Waals surface area contributed by atoms with E-state index in [1.54, 1.807) is 29.2 Å². The lowest BCUT2D eigenvalue weighted by Gasteiger charge is -2.15. The second-order valence-electron chi connectivity index (χ2n) is 5.71. The predicted octanol–water partition coefficient (Wildman–Crippen LogP) is 1.45. The summed E-state index contributed by atoms with van der Waals surface area (Å²) in [5.41, 5.74) is 1.62. The molecule has 4 rings (SSSR count). The number of rotatable bonds is 4. The van der Waals surface area contributed by atoms with E-state index in [0.29, 0.717) is 30.0 Å². The van der Waals surface area contributed by atoms with Crippen molar-refractivity contribution in [2.45, 2.75) is 4.90 Å². The molecule has 2 aromatic carbocycles. The van der Waals surface area contributed by atoms with Crippen LogP contribution in [0.3, 0.4) is 0 Å². The van der Waals surface area contributed by atoms with Gasteiger partial charge >= 0.3 is 11.8 Å². The van der Waals surface area contributed by atoms with Gasteiger partial charge in [-0.1, -0.05) is 0 Å². The van der Waals surface area contributed by atoms with Crippen molar-refractivity contribution in [1.82, 2.24) is 10.3 Å². The van der Waals surface area contributed by atoms with Crippen molar-refractivity contribution < 1.29 is 17.6 Å². The summed E-state index contributed by atoms with van der Waals surface area (Å²) in [6.45, 7) is 1.14. The fourth-order valence-electron chi connectivity index (χ4n) is 2.74. The van der Waals surface area contributed by atoms with Crippen LogP contribution in [-0.4, -0.2) is 32.5 Å². The van der Waals surface area contributed by atoms with Crippen LogP contribution in [0.25, 0.3) is 11.1 Å². The first kappa shape index (κ1) is 16.2. The Kier molecular flexibility index (Phi) is 3.69. The van der Waals surface area contributed by atoms with Gasteiger partial charge in [0.2, 0.25) is 0 Å². The maximum Gasteiger partial charge on any atom is 0.417 e. The first-order chi connectivity index (χ1) is 12.4. The highest BCUT2D eigenvalue weighted by atomic mass is 32.2. The highest BCUT2D eigenvalue weighted by Crippen LogP contribution is 2.23. The van der Waals surface area contributed by atoms with Gasteiger partial charge in [-0.2, -0.15) is 0 Å². The molecule has 0 spiro atoms. The number of carbonyl (C=O) groups is 1. The van der Waals surface area contributed by atoms with Gasteiger partial charge in [0.1, 0.15) is 0 Å². The summed E-state index contributed by atoms with van der Waals surface area (Å²) in [5, 5.41) is 2.70. The summed E-state index contributed by atoms with van der Waals surface area (Å²) >= 11 is 0. The molecule has 1 fully saturated rings. The number of fused-ring (bicyclic) bond motifs is 1. The van der Waals surface area contributed by atoms with Crippen molar-refractivity contribution in [2.75, 3.05) is 22.7 Å². The van der Waals surface area contributed by atoms with Crippen molar-refractivity contribution in [2.24, 2.45) is 0 Å². The first-order valence-electron chi connectivity index (χ1n) is 7.73. The molecule has 1 saturated heterocycles.